The van der Waals surface area contributed by atoms with E-state index < -0.39 is 29.3 Å². The third kappa shape index (κ3) is 4.98. The number of nitrogens with one attached hydrogen (secondary N) is 1. The van der Waals surface area contributed by atoms with Crippen molar-refractivity contribution >= 4 is 17.6 Å². The number of hydrogen-bond donors (Lipinski definition) is 3. The van der Waals surface area contributed by atoms with Crippen molar-refractivity contribution in [1.82, 2.24) is 5.32 Å². The van der Waals surface area contributed by atoms with Crippen molar-refractivity contribution in [2.24, 2.45) is 17.4 Å². The van der Waals surface area contributed by atoms with Gasteiger partial charge in [-0.05, 0) is 30.0 Å². The summed E-state index contributed by atoms with van der Waals surface area (Å²) >= 11 is 0. The molecule has 0 aliphatic heterocycles. The lowest BCUT2D eigenvalue weighted by molar-refractivity contribution is -0.126. The normalized spacial score (nSPS) is 16.7. The summed E-state index contributed by atoms with van der Waals surface area (Å²) in [7, 11) is 0. The van der Waals surface area contributed by atoms with Crippen LogP contribution in [-0.2, 0) is 19.9 Å². The van der Waals surface area contributed by atoms with Gasteiger partial charge >= 0.3 is 0 Å². The van der Waals surface area contributed by atoms with E-state index in [-0.39, 0.29) is 12.2 Å². The second kappa shape index (κ2) is 10.00. The van der Waals surface area contributed by atoms with Crippen LogP contribution >= 0.6 is 0 Å². The molecule has 0 heterocycles. The summed E-state index contributed by atoms with van der Waals surface area (Å²) in [6, 6.07) is 18.0. The van der Waals surface area contributed by atoms with Crippen molar-refractivity contribution < 1.29 is 14.4 Å². The molecule has 160 valence electrons. The molecule has 2 unspecified atom stereocenters. The lowest BCUT2D eigenvalue weighted by atomic mass is 9.70. The second-order valence-corrected chi connectivity index (χ2v) is 7.62. The van der Waals surface area contributed by atoms with Crippen LogP contribution in [0.3, 0.4) is 0 Å². The molecular formula is C25H27N3O3. The van der Waals surface area contributed by atoms with Gasteiger partial charge in [0.15, 0.2) is 5.78 Å². The smallest absolute Gasteiger partial charge is 0.237 e. The summed E-state index contributed by atoms with van der Waals surface area (Å²) < 4.78 is 0. The number of benzene rings is 2. The quantitative estimate of drug-likeness (QED) is 0.581. The molecule has 3 rings (SSSR count). The Morgan fingerprint density at radius 1 is 0.968 bits per heavy atom. The van der Waals surface area contributed by atoms with Crippen LogP contribution in [0.2, 0.25) is 0 Å². The van der Waals surface area contributed by atoms with Gasteiger partial charge < -0.3 is 16.8 Å². The van der Waals surface area contributed by atoms with Crippen molar-refractivity contribution in [1.29, 1.82) is 0 Å². The highest BCUT2D eigenvalue weighted by molar-refractivity contribution is 5.97. The maximum atomic E-state index is 13.2. The fraction of sp³-hybridized carbons (Fsp3) is 0.240. The van der Waals surface area contributed by atoms with Gasteiger partial charge in [0.25, 0.3) is 0 Å². The van der Waals surface area contributed by atoms with Crippen molar-refractivity contribution in [2.45, 2.75) is 30.8 Å². The summed E-state index contributed by atoms with van der Waals surface area (Å²) in [5, 5.41) is 3.12. The summed E-state index contributed by atoms with van der Waals surface area (Å²) in [4.78, 5) is 37.3. The Labute approximate surface area is 182 Å². The molecule has 0 saturated carbocycles. The van der Waals surface area contributed by atoms with Gasteiger partial charge in [-0.3, -0.25) is 14.4 Å². The summed E-state index contributed by atoms with van der Waals surface area (Å²) in [6.45, 7) is 0. The number of carbonyl (C=O) groups excluding carboxylic acids is 3. The third-order valence-corrected chi connectivity index (χ3v) is 5.50. The number of amides is 2. The van der Waals surface area contributed by atoms with Gasteiger partial charge in [-0.15, -0.1) is 0 Å². The zero-order chi connectivity index (χ0) is 22.3. The minimum Gasteiger partial charge on any atom is -0.370 e. The van der Waals surface area contributed by atoms with E-state index in [1.54, 1.807) is 12.2 Å². The van der Waals surface area contributed by atoms with Crippen molar-refractivity contribution in [2.75, 3.05) is 0 Å². The average Bonchev–Trinajstić information content (AvgIpc) is 2.78. The highest BCUT2D eigenvalue weighted by Crippen LogP contribution is 2.39. The molecule has 0 radical (unpaired) electrons. The maximum Gasteiger partial charge on any atom is 0.237 e. The largest absolute Gasteiger partial charge is 0.370 e. The monoisotopic (exact) mass is 417 g/mol. The molecule has 2 aromatic carbocycles. The van der Waals surface area contributed by atoms with Gasteiger partial charge in [-0.1, -0.05) is 78.9 Å². The molecule has 0 spiro atoms. The van der Waals surface area contributed by atoms with Crippen LogP contribution in [0.5, 0.6) is 0 Å². The molecule has 0 bridgehead atoms. The van der Waals surface area contributed by atoms with E-state index in [0.29, 0.717) is 12.8 Å². The van der Waals surface area contributed by atoms with E-state index in [0.717, 1.165) is 11.1 Å². The molecule has 6 nitrogen and oxygen atoms in total. The molecule has 2 atom stereocenters. The van der Waals surface area contributed by atoms with Crippen LogP contribution in [0, 0.1) is 5.92 Å². The van der Waals surface area contributed by atoms with Gasteiger partial charge in [0.05, 0.1) is 12.0 Å². The topological polar surface area (TPSA) is 115 Å². The van der Waals surface area contributed by atoms with E-state index in [2.05, 4.69) is 5.32 Å². The minimum atomic E-state index is -1.14. The van der Waals surface area contributed by atoms with Gasteiger partial charge in [0.1, 0.15) is 5.54 Å². The molecule has 0 aromatic heterocycles. The first-order valence-corrected chi connectivity index (χ1v) is 10.3. The van der Waals surface area contributed by atoms with E-state index in [9.17, 15) is 14.4 Å². The van der Waals surface area contributed by atoms with E-state index in [1.165, 1.54) is 6.08 Å². The van der Waals surface area contributed by atoms with Crippen LogP contribution < -0.4 is 16.8 Å². The van der Waals surface area contributed by atoms with Crippen LogP contribution in [0.1, 0.15) is 30.4 Å². The molecule has 5 N–H and O–H groups in total. The molecule has 1 aliphatic carbocycles. The first-order valence-electron chi connectivity index (χ1n) is 10.3. The molecule has 1 aliphatic rings. The van der Waals surface area contributed by atoms with E-state index in [4.69, 9.17) is 11.5 Å². The Balaban J connectivity index is 2.06. The second-order valence-electron chi connectivity index (χ2n) is 7.62. The fourth-order valence-corrected chi connectivity index (χ4v) is 3.95. The van der Waals surface area contributed by atoms with Crippen LogP contribution in [0.4, 0.5) is 0 Å². The Hall–Kier alpha value is -3.51. The Bertz CT molecular complexity index is 944. The number of carbonyl (C=O) groups is 3. The minimum absolute atomic E-state index is 0.113. The molecule has 31 heavy (non-hydrogen) atoms. The average molecular weight is 418 g/mol. The number of allylic oxidation sites excluding steroid dienone is 3. The fourth-order valence-electron chi connectivity index (χ4n) is 3.95. The summed E-state index contributed by atoms with van der Waals surface area (Å²) in [5.74, 6) is -1.59. The highest BCUT2D eigenvalue weighted by Gasteiger charge is 2.46. The van der Waals surface area contributed by atoms with E-state index >= 15 is 0 Å². The first kappa shape index (κ1) is 22.2. The summed E-state index contributed by atoms with van der Waals surface area (Å²) in [6.07, 6.45) is 7.72. The summed E-state index contributed by atoms with van der Waals surface area (Å²) in [5.41, 5.74) is 11.8. The number of ketones is 1. The SMILES string of the molecule is NC(=O)CCCC(N)C(=O)NC(c1ccccc1)(c1ccccc1)C1C=CC=CC1=O. The van der Waals surface area contributed by atoms with Gasteiger partial charge in [-0.25, -0.2) is 0 Å². The Morgan fingerprint density at radius 2 is 1.55 bits per heavy atom. The molecule has 2 amide bonds. The third-order valence-electron chi connectivity index (χ3n) is 5.50. The van der Waals surface area contributed by atoms with Crippen molar-refractivity contribution in [3.63, 3.8) is 0 Å². The van der Waals surface area contributed by atoms with Gasteiger partial charge in [-0.2, -0.15) is 0 Å². The van der Waals surface area contributed by atoms with Crippen molar-refractivity contribution in [3.8, 4) is 0 Å². The lowest BCUT2D eigenvalue weighted by Gasteiger charge is -2.41. The maximum absolute atomic E-state index is 13.2. The standard InChI is InChI=1S/C25H27N3O3/c26-21(15-9-17-23(27)30)24(31)28-25(18-10-3-1-4-11-18,19-12-5-2-6-13-19)20-14-7-8-16-22(20)29/h1-8,10-14,16,20-21H,9,15,17,26H2,(H2,27,30)(H,28,31). The van der Waals surface area contributed by atoms with Crippen LogP contribution in [0.25, 0.3) is 0 Å². The Morgan fingerprint density at radius 3 is 2.06 bits per heavy atom. The number of hydrogen-bond acceptors (Lipinski definition) is 4. The zero-order valence-corrected chi connectivity index (χ0v) is 17.2. The molecule has 2 aromatic rings. The van der Waals surface area contributed by atoms with Gasteiger partial charge in [0.2, 0.25) is 11.8 Å². The Kier molecular flexibility index (Phi) is 7.15. The van der Waals surface area contributed by atoms with E-state index in [1.807, 2.05) is 66.7 Å². The molecule has 0 fully saturated rings. The molecule has 6 heteroatoms. The van der Waals surface area contributed by atoms with Crippen LogP contribution in [0.15, 0.2) is 85.0 Å². The number of rotatable bonds is 9. The molecule has 0 saturated heterocycles. The molecular weight excluding hydrogens is 390 g/mol. The predicted octanol–water partition coefficient (Wildman–Crippen LogP) is 2.34. The van der Waals surface area contributed by atoms with Crippen molar-refractivity contribution in [3.05, 3.63) is 96.1 Å². The number of nitrogens with two attached hydrogens (primary N) is 2. The van der Waals surface area contributed by atoms with Crippen LogP contribution in [-0.4, -0.2) is 23.6 Å². The first-order chi connectivity index (χ1) is 14.9. The number of primary amides is 1. The predicted molar refractivity (Wildman–Crippen MR) is 120 cm³/mol. The lowest BCUT2D eigenvalue weighted by Crippen LogP contribution is -2.57. The zero-order valence-electron chi connectivity index (χ0n) is 17.2. The van der Waals surface area contributed by atoms with Gasteiger partial charge in [0, 0.05) is 6.42 Å². The highest BCUT2D eigenvalue weighted by atomic mass is 16.2.